The van der Waals surface area contributed by atoms with E-state index in [4.69, 9.17) is 4.74 Å². The van der Waals surface area contributed by atoms with Gasteiger partial charge in [0.25, 0.3) is 0 Å². The summed E-state index contributed by atoms with van der Waals surface area (Å²) >= 11 is 4.43. The predicted octanol–water partition coefficient (Wildman–Crippen LogP) is 2.93. The number of ether oxygens (including phenoxy) is 1. The largest absolute Gasteiger partial charge is 0.497 e. The molecule has 3 rings (SSSR count). The van der Waals surface area contributed by atoms with Gasteiger partial charge in [0.1, 0.15) is 16.5 Å². The number of quaternary nitrogens is 1. The Labute approximate surface area is 182 Å². The second kappa shape index (κ2) is 9.38. The Morgan fingerprint density at radius 1 is 1.17 bits per heavy atom. The molecule has 2 N–H and O–H groups in total. The number of amides is 1. The SMILES string of the molecule is COc1ccc(S(=O)(=O)[N+]2(CS)CCCCC(c3ccccc3)C2C(=O)NO)cc1. The Balaban J connectivity index is 2.20. The molecule has 30 heavy (non-hydrogen) atoms. The lowest BCUT2D eigenvalue weighted by Gasteiger charge is -2.42. The minimum Gasteiger partial charge on any atom is -0.497 e. The second-order valence-electron chi connectivity index (χ2n) is 7.40. The number of methoxy groups -OCH3 is 1. The van der Waals surface area contributed by atoms with Crippen molar-refractivity contribution in [1.82, 2.24) is 5.48 Å². The molecular formula is C21H27N2O5S2+. The van der Waals surface area contributed by atoms with E-state index >= 15 is 0 Å². The van der Waals surface area contributed by atoms with Crippen LogP contribution in [0.15, 0.2) is 59.5 Å². The zero-order chi connectivity index (χ0) is 21.8. The first-order chi connectivity index (χ1) is 14.4. The topological polar surface area (TPSA) is 92.7 Å². The van der Waals surface area contributed by atoms with E-state index in [2.05, 4.69) is 12.6 Å². The van der Waals surface area contributed by atoms with Gasteiger partial charge in [0.05, 0.1) is 13.7 Å². The van der Waals surface area contributed by atoms with Crippen molar-refractivity contribution in [3.05, 3.63) is 60.2 Å². The molecule has 0 spiro atoms. The van der Waals surface area contributed by atoms with E-state index in [1.807, 2.05) is 30.3 Å². The molecule has 3 unspecified atom stereocenters. The van der Waals surface area contributed by atoms with Gasteiger partial charge in [0, 0.05) is 5.92 Å². The fraction of sp³-hybridized carbons (Fsp3) is 0.381. The lowest BCUT2D eigenvalue weighted by Crippen LogP contribution is -2.64. The number of likely N-dealkylation sites (tertiary alicyclic amines) is 1. The standard InChI is InChI=1S/C21H26N2O5S2/c1-28-17-10-12-18(13-11-17)30(26,27)23(15-29)14-6-5-9-19(20(23)21(24)22-25)16-7-3-2-4-8-16/h2-4,7-8,10-13,19-20H,5-6,9,14-15H2,1H3,(H2-,22,24,25,29)/p+1. The van der Waals surface area contributed by atoms with Crippen LogP contribution >= 0.6 is 12.6 Å². The minimum absolute atomic E-state index is 0.0850. The molecule has 1 amide bonds. The van der Waals surface area contributed by atoms with Crippen LogP contribution in [-0.4, -0.2) is 49.0 Å². The second-order valence-corrected chi connectivity index (χ2v) is 9.83. The summed E-state index contributed by atoms with van der Waals surface area (Å²) in [6.07, 6.45) is 2.02. The van der Waals surface area contributed by atoms with Crippen molar-refractivity contribution >= 4 is 28.6 Å². The predicted molar refractivity (Wildman–Crippen MR) is 116 cm³/mol. The van der Waals surface area contributed by atoms with E-state index in [1.165, 1.54) is 19.2 Å². The third kappa shape index (κ3) is 3.94. The van der Waals surface area contributed by atoms with Crippen LogP contribution in [0, 0.1) is 0 Å². The van der Waals surface area contributed by atoms with E-state index in [9.17, 15) is 18.4 Å². The van der Waals surface area contributed by atoms with Crippen molar-refractivity contribution in [2.75, 3.05) is 19.5 Å². The number of carbonyl (C=O) groups excluding carboxylic acids is 1. The Morgan fingerprint density at radius 3 is 2.40 bits per heavy atom. The van der Waals surface area contributed by atoms with Gasteiger partial charge in [-0.15, -0.1) is 12.6 Å². The van der Waals surface area contributed by atoms with Crippen LogP contribution in [0.4, 0.5) is 0 Å². The van der Waals surface area contributed by atoms with Crippen LogP contribution in [0.5, 0.6) is 5.75 Å². The van der Waals surface area contributed by atoms with Crippen LogP contribution in [0.25, 0.3) is 0 Å². The van der Waals surface area contributed by atoms with Crippen molar-refractivity contribution < 1.29 is 27.0 Å². The third-order valence-electron chi connectivity index (χ3n) is 5.87. The summed E-state index contributed by atoms with van der Waals surface area (Å²) in [5.41, 5.74) is 2.58. The van der Waals surface area contributed by atoms with Gasteiger partial charge in [-0.25, -0.2) is 5.48 Å². The molecule has 3 atom stereocenters. The van der Waals surface area contributed by atoms with Gasteiger partial charge in [-0.3, -0.25) is 10.0 Å². The van der Waals surface area contributed by atoms with E-state index in [-0.39, 0.29) is 23.2 Å². The van der Waals surface area contributed by atoms with Crippen LogP contribution in [0.3, 0.4) is 0 Å². The van der Waals surface area contributed by atoms with Crippen LogP contribution in [-0.2, 0) is 14.8 Å². The van der Waals surface area contributed by atoms with Crippen molar-refractivity contribution in [3.8, 4) is 5.75 Å². The molecule has 1 heterocycles. The van der Waals surface area contributed by atoms with E-state index in [0.717, 1.165) is 12.0 Å². The number of hydrogen-bond donors (Lipinski definition) is 3. The lowest BCUT2D eigenvalue weighted by atomic mass is 9.87. The highest BCUT2D eigenvalue weighted by molar-refractivity contribution is 7.87. The maximum Gasteiger partial charge on any atom is 0.328 e. The molecule has 0 radical (unpaired) electrons. The van der Waals surface area contributed by atoms with Crippen molar-refractivity contribution in [2.24, 2.45) is 0 Å². The molecule has 0 bridgehead atoms. The third-order valence-corrected chi connectivity index (χ3v) is 8.93. The van der Waals surface area contributed by atoms with Gasteiger partial charge in [-0.1, -0.05) is 30.3 Å². The first-order valence-electron chi connectivity index (χ1n) is 9.77. The number of nitrogens with one attached hydrogen (secondary N) is 1. The van der Waals surface area contributed by atoms with Gasteiger partial charge in [0.2, 0.25) is 0 Å². The van der Waals surface area contributed by atoms with Crippen LogP contribution in [0.1, 0.15) is 30.7 Å². The van der Waals surface area contributed by atoms with Crippen molar-refractivity contribution in [2.45, 2.75) is 36.1 Å². The van der Waals surface area contributed by atoms with E-state index < -0.39 is 25.9 Å². The molecular weight excluding hydrogens is 424 g/mol. The molecule has 9 heteroatoms. The summed E-state index contributed by atoms with van der Waals surface area (Å²) < 4.78 is 32.4. The average Bonchev–Trinajstić information content (AvgIpc) is 3.00. The highest BCUT2D eigenvalue weighted by atomic mass is 32.2. The summed E-state index contributed by atoms with van der Waals surface area (Å²) in [5, 5.41) is 9.53. The number of sulfonamides is 1. The smallest absolute Gasteiger partial charge is 0.328 e. The Hall–Kier alpha value is -2.07. The number of nitrogens with zero attached hydrogens (tertiary/aromatic N) is 1. The highest BCUT2D eigenvalue weighted by Crippen LogP contribution is 2.41. The van der Waals surface area contributed by atoms with Gasteiger partial charge in [-0.2, -0.15) is 12.3 Å². The minimum atomic E-state index is -4.03. The summed E-state index contributed by atoms with van der Waals surface area (Å²) in [7, 11) is -2.53. The molecule has 1 aliphatic heterocycles. The number of benzene rings is 2. The molecule has 0 aromatic heterocycles. The number of hydroxylamine groups is 1. The Kier molecular flexibility index (Phi) is 7.07. The van der Waals surface area contributed by atoms with E-state index in [1.54, 1.807) is 17.6 Å². The fourth-order valence-electron chi connectivity index (χ4n) is 4.34. The zero-order valence-corrected chi connectivity index (χ0v) is 18.5. The molecule has 2 aromatic rings. The number of thiol groups is 1. The van der Waals surface area contributed by atoms with Gasteiger partial charge < -0.3 is 4.74 Å². The normalized spacial score (nSPS) is 24.6. The molecule has 0 aliphatic carbocycles. The number of rotatable bonds is 6. The Bertz CT molecular complexity index is 967. The maximum atomic E-state index is 13.9. The molecule has 7 nitrogen and oxygen atoms in total. The molecule has 2 aromatic carbocycles. The molecule has 1 saturated heterocycles. The lowest BCUT2D eigenvalue weighted by molar-refractivity contribution is -0.810. The van der Waals surface area contributed by atoms with Crippen molar-refractivity contribution in [1.29, 1.82) is 0 Å². The molecule has 0 saturated carbocycles. The average molecular weight is 452 g/mol. The number of hydrogen-bond acceptors (Lipinski definition) is 6. The zero-order valence-electron chi connectivity index (χ0n) is 16.8. The van der Waals surface area contributed by atoms with Crippen LogP contribution < -0.4 is 10.2 Å². The molecule has 1 fully saturated rings. The summed E-state index contributed by atoms with van der Waals surface area (Å²) in [6, 6.07) is 14.4. The number of carbonyl (C=O) groups is 1. The fourth-order valence-corrected chi connectivity index (χ4v) is 7.08. The first-order valence-corrected chi connectivity index (χ1v) is 11.8. The highest BCUT2D eigenvalue weighted by Gasteiger charge is 2.56. The van der Waals surface area contributed by atoms with Gasteiger partial charge >= 0.3 is 15.9 Å². The van der Waals surface area contributed by atoms with Crippen LogP contribution in [0.2, 0.25) is 0 Å². The first kappa shape index (κ1) is 22.6. The summed E-state index contributed by atoms with van der Waals surface area (Å²) in [5.74, 6) is -0.678. The molecule has 162 valence electrons. The summed E-state index contributed by atoms with van der Waals surface area (Å²) in [6.45, 7) is 0.222. The van der Waals surface area contributed by atoms with Gasteiger partial charge in [0.15, 0.2) is 6.04 Å². The molecule has 1 aliphatic rings. The van der Waals surface area contributed by atoms with Crippen molar-refractivity contribution in [3.63, 3.8) is 0 Å². The monoisotopic (exact) mass is 451 g/mol. The maximum absolute atomic E-state index is 13.9. The van der Waals surface area contributed by atoms with E-state index in [0.29, 0.717) is 18.6 Å². The quantitative estimate of drug-likeness (QED) is 0.272. The summed E-state index contributed by atoms with van der Waals surface area (Å²) in [4.78, 5) is 13.0. The Morgan fingerprint density at radius 2 is 1.83 bits per heavy atom. The van der Waals surface area contributed by atoms with Gasteiger partial charge in [-0.05, 0) is 49.1 Å².